The maximum absolute atomic E-state index is 13.1. The molecule has 0 saturated carbocycles. The van der Waals surface area contributed by atoms with Gasteiger partial charge in [0.2, 0.25) is 0 Å². The number of halogens is 6. The summed E-state index contributed by atoms with van der Waals surface area (Å²) in [5.41, 5.74) is -4.35. The molecule has 1 amide bonds. The summed E-state index contributed by atoms with van der Waals surface area (Å²) < 4.78 is 82.2. The molecule has 1 heterocycles. The maximum Gasteiger partial charge on any atom is 0.417 e. The smallest absolute Gasteiger partial charge is 0.417 e. The van der Waals surface area contributed by atoms with Crippen molar-refractivity contribution in [2.45, 2.75) is 31.4 Å². The lowest BCUT2D eigenvalue weighted by molar-refractivity contribution is -0.163. The molecule has 1 aliphatic heterocycles. The Bertz CT molecular complexity index is 566. The molecule has 1 aromatic carbocycles. The molecule has 1 aliphatic rings. The Labute approximate surface area is 114 Å². The van der Waals surface area contributed by atoms with Crippen molar-refractivity contribution in [3.63, 3.8) is 0 Å². The van der Waals surface area contributed by atoms with Crippen LogP contribution in [-0.2, 0) is 17.1 Å². The molecule has 1 N–H and O–H groups in total. The SMILES string of the molecule is C[C@@H]1NC(=O)O[C@H]1c1cccc(C(F)(F)F)c1C(F)(F)F. The number of alkyl carbamates (subject to hydrolysis) is 1. The van der Waals surface area contributed by atoms with Crippen molar-refractivity contribution in [2.24, 2.45) is 0 Å². The van der Waals surface area contributed by atoms with Crippen molar-refractivity contribution in [3.05, 3.63) is 34.9 Å². The molecule has 21 heavy (non-hydrogen) atoms. The third kappa shape index (κ3) is 2.91. The van der Waals surface area contributed by atoms with Gasteiger partial charge in [0, 0.05) is 5.56 Å². The van der Waals surface area contributed by atoms with Gasteiger partial charge in [-0.25, -0.2) is 4.79 Å². The Balaban J connectivity index is 2.64. The van der Waals surface area contributed by atoms with Crippen LogP contribution < -0.4 is 5.32 Å². The molecule has 116 valence electrons. The number of ether oxygens (including phenoxy) is 1. The van der Waals surface area contributed by atoms with E-state index in [0.29, 0.717) is 6.07 Å². The number of rotatable bonds is 1. The average molecular weight is 313 g/mol. The largest absolute Gasteiger partial charge is 0.439 e. The summed E-state index contributed by atoms with van der Waals surface area (Å²) in [6.07, 6.45) is -12.8. The summed E-state index contributed by atoms with van der Waals surface area (Å²) in [5, 5.41) is 2.19. The van der Waals surface area contributed by atoms with Crippen molar-refractivity contribution in [1.29, 1.82) is 0 Å². The van der Waals surface area contributed by atoms with Crippen LogP contribution in [0.1, 0.15) is 29.7 Å². The van der Waals surface area contributed by atoms with Crippen molar-refractivity contribution >= 4 is 6.09 Å². The van der Waals surface area contributed by atoms with Crippen molar-refractivity contribution < 1.29 is 35.9 Å². The van der Waals surface area contributed by atoms with Crippen LogP contribution in [0.25, 0.3) is 0 Å². The van der Waals surface area contributed by atoms with E-state index in [-0.39, 0.29) is 0 Å². The number of carbonyl (C=O) groups excluding carboxylic acids is 1. The number of benzene rings is 1. The number of carbonyl (C=O) groups is 1. The first-order valence-corrected chi connectivity index (χ1v) is 5.76. The monoisotopic (exact) mass is 313 g/mol. The van der Waals surface area contributed by atoms with Gasteiger partial charge in [-0.15, -0.1) is 0 Å². The Morgan fingerprint density at radius 3 is 2.14 bits per heavy atom. The topological polar surface area (TPSA) is 38.3 Å². The number of amides is 1. The molecule has 0 aliphatic carbocycles. The molecule has 2 atom stereocenters. The first kappa shape index (κ1) is 15.5. The van der Waals surface area contributed by atoms with E-state index in [0.717, 1.165) is 12.1 Å². The number of nitrogens with one attached hydrogen (secondary N) is 1. The minimum absolute atomic E-state index is 0.348. The molecule has 0 radical (unpaired) electrons. The Morgan fingerprint density at radius 2 is 1.71 bits per heavy atom. The number of hydrogen-bond acceptors (Lipinski definition) is 2. The predicted octanol–water partition coefficient (Wildman–Crippen LogP) is 3.89. The Kier molecular flexibility index (Phi) is 3.54. The minimum atomic E-state index is -5.23. The molecule has 1 fully saturated rings. The van der Waals surface area contributed by atoms with Gasteiger partial charge in [-0.05, 0) is 13.0 Å². The lowest BCUT2D eigenvalue weighted by Crippen LogP contribution is -2.26. The van der Waals surface area contributed by atoms with Crippen LogP contribution in [0.15, 0.2) is 18.2 Å². The van der Waals surface area contributed by atoms with Gasteiger partial charge in [0.05, 0.1) is 17.2 Å². The molecule has 9 heteroatoms. The zero-order chi connectivity index (χ0) is 16.0. The second-order valence-electron chi connectivity index (χ2n) is 4.52. The summed E-state index contributed by atoms with van der Waals surface area (Å²) >= 11 is 0. The lowest BCUT2D eigenvalue weighted by Gasteiger charge is -2.22. The van der Waals surface area contributed by atoms with Crippen LogP contribution >= 0.6 is 0 Å². The van der Waals surface area contributed by atoms with Crippen LogP contribution in [0.2, 0.25) is 0 Å². The maximum atomic E-state index is 13.1. The van der Waals surface area contributed by atoms with Gasteiger partial charge in [-0.1, -0.05) is 12.1 Å². The number of cyclic esters (lactones) is 1. The zero-order valence-electron chi connectivity index (χ0n) is 10.5. The molecule has 0 aromatic heterocycles. The molecular weight excluding hydrogens is 304 g/mol. The van der Waals surface area contributed by atoms with Crippen molar-refractivity contribution in [1.82, 2.24) is 5.32 Å². The molecule has 3 nitrogen and oxygen atoms in total. The van der Waals surface area contributed by atoms with Gasteiger partial charge in [0.25, 0.3) is 0 Å². The van der Waals surface area contributed by atoms with Gasteiger partial charge in [-0.2, -0.15) is 26.3 Å². The number of hydrogen-bond donors (Lipinski definition) is 1. The fourth-order valence-electron chi connectivity index (χ4n) is 2.21. The van der Waals surface area contributed by atoms with Crippen LogP contribution in [0, 0.1) is 0 Å². The second kappa shape index (κ2) is 4.81. The first-order chi connectivity index (χ1) is 9.51. The van der Waals surface area contributed by atoms with Gasteiger partial charge >= 0.3 is 18.4 Å². The third-order valence-electron chi connectivity index (χ3n) is 3.03. The van der Waals surface area contributed by atoms with E-state index < -0.39 is 47.3 Å². The molecule has 0 unspecified atom stereocenters. The third-order valence-corrected chi connectivity index (χ3v) is 3.03. The van der Waals surface area contributed by atoms with E-state index in [1.807, 2.05) is 0 Å². The van der Waals surface area contributed by atoms with Crippen LogP contribution in [0.3, 0.4) is 0 Å². The summed E-state index contributed by atoms with van der Waals surface area (Å²) in [4.78, 5) is 11.0. The van der Waals surface area contributed by atoms with Crippen LogP contribution in [-0.4, -0.2) is 12.1 Å². The molecule has 0 spiro atoms. The van der Waals surface area contributed by atoms with E-state index in [4.69, 9.17) is 0 Å². The highest BCUT2D eigenvalue weighted by atomic mass is 19.4. The lowest BCUT2D eigenvalue weighted by atomic mass is 9.93. The van der Waals surface area contributed by atoms with Crippen molar-refractivity contribution in [2.75, 3.05) is 0 Å². The summed E-state index contributed by atoms with van der Waals surface area (Å²) in [7, 11) is 0. The average Bonchev–Trinajstić information content (AvgIpc) is 2.65. The van der Waals surface area contributed by atoms with Gasteiger partial charge in [0.1, 0.15) is 6.10 Å². The van der Waals surface area contributed by atoms with Crippen molar-refractivity contribution in [3.8, 4) is 0 Å². The minimum Gasteiger partial charge on any atom is -0.439 e. The molecule has 0 bridgehead atoms. The fraction of sp³-hybridized carbons (Fsp3) is 0.417. The predicted molar refractivity (Wildman–Crippen MR) is 58.3 cm³/mol. The Hall–Kier alpha value is -1.93. The second-order valence-corrected chi connectivity index (χ2v) is 4.52. The summed E-state index contributed by atoms with van der Waals surface area (Å²) in [5.74, 6) is 0. The van der Waals surface area contributed by atoms with E-state index in [1.165, 1.54) is 6.92 Å². The van der Waals surface area contributed by atoms with Crippen LogP contribution in [0.4, 0.5) is 31.1 Å². The molecule has 1 aromatic rings. The quantitative estimate of drug-likeness (QED) is 0.799. The standard InChI is InChI=1S/C12H9F6NO2/c1-5-9(21-10(20)19-5)6-3-2-4-7(11(13,14)15)8(6)12(16,17)18/h2-5,9H,1H3,(H,19,20)/t5-,9+/m0/s1. The van der Waals surface area contributed by atoms with E-state index in [9.17, 15) is 31.1 Å². The zero-order valence-corrected chi connectivity index (χ0v) is 10.5. The Morgan fingerprint density at radius 1 is 1.10 bits per heavy atom. The van der Waals surface area contributed by atoms with E-state index in [2.05, 4.69) is 10.1 Å². The fourth-order valence-corrected chi connectivity index (χ4v) is 2.21. The van der Waals surface area contributed by atoms with Gasteiger partial charge in [-0.3, -0.25) is 0 Å². The highest BCUT2D eigenvalue weighted by Gasteiger charge is 2.47. The normalized spacial score (nSPS) is 22.9. The summed E-state index contributed by atoms with van der Waals surface area (Å²) in [6, 6.07) is 1.20. The summed E-state index contributed by atoms with van der Waals surface area (Å²) in [6.45, 7) is 1.34. The van der Waals surface area contributed by atoms with E-state index >= 15 is 0 Å². The highest BCUT2D eigenvalue weighted by Crippen LogP contribution is 2.45. The first-order valence-electron chi connectivity index (χ1n) is 5.76. The van der Waals surface area contributed by atoms with Gasteiger partial charge in [0.15, 0.2) is 0 Å². The van der Waals surface area contributed by atoms with Gasteiger partial charge < -0.3 is 10.1 Å². The molecular formula is C12H9F6NO2. The number of alkyl halides is 6. The highest BCUT2D eigenvalue weighted by molar-refractivity contribution is 5.70. The molecule has 2 rings (SSSR count). The van der Waals surface area contributed by atoms with E-state index in [1.54, 1.807) is 0 Å². The molecule has 1 saturated heterocycles. The van der Waals surface area contributed by atoms with Crippen LogP contribution in [0.5, 0.6) is 0 Å².